The van der Waals surface area contributed by atoms with Gasteiger partial charge in [0.1, 0.15) is 17.3 Å². The summed E-state index contributed by atoms with van der Waals surface area (Å²) in [6, 6.07) is 7.99. The number of nitrogens with zero attached hydrogens (tertiary/aromatic N) is 1. The first-order valence-corrected chi connectivity index (χ1v) is 7.23. The lowest BCUT2D eigenvalue weighted by Gasteiger charge is -2.11. The number of pyridine rings is 1. The van der Waals surface area contributed by atoms with Crippen LogP contribution in [0.4, 0.5) is 5.82 Å². The molecule has 0 aliphatic carbocycles. The van der Waals surface area contributed by atoms with Gasteiger partial charge in [0.2, 0.25) is 0 Å². The van der Waals surface area contributed by atoms with E-state index in [9.17, 15) is 0 Å². The summed E-state index contributed by atoms with van der Waals surface area (Å²) >= 11 is 3.55. The first-order chi connectivity index (χ1) is 9.76. The molecule has 1 aliphatic heterocycles. The molecule has 1 aromatic carbocycles. The molecule has 20 heavy (non-hydrogen) atoms. The highest BCUT2D eigenvalue weighted by Crippen LogP contribution is 2.33. The lowest BCUT2D eigenvalue weighted by Crippen LogP contribution is -2.03. The largest absolute Gasteiger partial charge is 0.495 e. The molecule has 1 aromatic heterocycles. The van der Waals surface area contributed by atoms with Crippen LogP contribution in [0, 0.1) is 0 Å². The van der Waals surface area contributed by atoms with E-state index in [-0.39, 0.29) is 0 Å². The molecule has 5 heteroatoms. The normalized spacial score (nSPS) is 12.7. The predicted octanol–water partition coefficient (Wildman–Crippen LogP) is 3.40. The number of nitrogens with one attached hydrogen (secondary N) is 1. The zero-order valence-electron chi connectivity index (χ0n) is 11.1. The number of anilines is 1. The maximum Gasteiger partial charge on any atom is 0.137 e. The predicted molar refractivity (Wildman–Crippen MR) is 81.5 cm³/mol. The molecule has 1 N–H and O–H groups in total. The third kappa shape index (κ3) is 2.72. The van der Waals surface area contributed by atoms with Crippen LogP contribution in [0.2, 0.25) is 0 Å². The van der Waals surface area contributed by atoms with Crippen molar-refractivity contribution < 1.29 is 9.47 Å². The molecule has 0 atom stereocenters. The Hall–Kier alpha value is -1.75. The van der Waals surface area contributed by atoms with E-state index < -0.39 is 0 Å². The maximum atomic E-state index is 5.71. The monoisotopic (exact) mass is 334 g/mol. The van der Waals surface area contributed by atoms with Gasteiger partial charge >= 0.3 is 0 Å². The van der Waals surface area contributed by atoms with Crippen molar-refractivity contribution in [1.82, 2.24) is 4.98 Å². The van der Waals surface area contributed by atoms with Crippen molar-refractivity contribution in [2.45, 2.75) is 13.0 Å². The Morgan fingerprint density at radius 3 is 3.05 bits per heavy atom. The van der Waals surface area contributed by atoms with Crippen molar-refractivity contribution in [3.8, 4) is 11.5 Å². The minimum absolute atomic E-state index is 0.682. The smallest absolute Gasteiger partial charge is 0.137 e. The van der Waals surface area contributed by atoms with Crippen LogP contribution in [0.1, 0.15) is 11.1 Å². The number of hydrogen-bond acceptors (Lipinski definition) is 4. The van der Waals surface area contributed by atoms with E-state index in [0.29, 0.717) is 6.54 Å². The van der Waals surface area contributed by atoms with Crippen molar-refractivity contribution in [1.29, 1.82) is 0 Å². The van der Waals surface area contributed by atoms with Crippen molar-refractivity contribution in [3.05, 3.63) is 46.1 Å². The van der Waals surface area contributed by atoms with E-state index in [1.807, 2.05) is 12.1 Å². The SMILES string of the molecule is COc1ccc(NCc2cc(Br)cc3c2OCC3)nc1. The van der Waals surface area contributed by atoms with Gasteiger partial charge in [-0.05, 0) is 29.8 Å². The van der Waals surface area contributed by atoms with Gasteiger partial charge in [-0.2, -0.15) is 0 Å². The minimum atomic E-state index is 0.682. The molecule has 2 aromatic rings. The fourth-order valence-electron chi connectivity index (χ4n) is 2.27. The maximum absolute atomic E-state index is 5.71. The highest BCUT2D eigenvalue weighted by atomic mass is 79.9. The molecule has 0 spiro atoms. The summed E-state index contributed by atoms with van der Waals surface area (Å²) in [6.45, 7) is 1.45. The number of benzene rings is 1. The van der Waals surface area contributed by atoms with Gasteiger partial charge in [0.25, 0.3) is 0 Å². The second-order valence-corrected chi connectivity index (χ2v) is 5.50. The van der Waals surface area contributed by atoms with Gasteiger partial charge < -0.3 is 14.8 Å². The van der Waals surface area contributed by atoms with Crippen LogP contribution in [0.5, 0.6) is 11.5 Å². The van der Waals surface area contributed by atoms with E-state index in [1.165, 1.54) is 5.56 Å². The van der Waals surface area contributed by atoms with Gasteiger partial charge in [0, 0.05) is 23.0 Å². The fraction of sp³-hybridized carbons (Fsp3) is 0.267. The van der Waals surface area contributed by atoms with Crippen LogP contribution in [0.25, 0.3) is 0 Å². The third-order valence-electron chi connectivity index (χ3n) is 3.26. The Balaban J connectivity index is 1.75. The number of ether oxygens (including phenoxy) is 2. The number of fused-ring (bicyclic) bond motifs is 1. The van der Waals surface area contributed by atoms with Crippen molar-refractivity contribution in [2.75, 3.05) is 19.0 Å². The minimum Gasteiger partial charge on any atom is -0.495 e. The Labute approximate surface area is 126 Å². The molecular formula is C15H15BrN2O2. The number of hydrogen-bond donors (Lipinski definition) is 1. The summed E-state index contributed by atoms with van der Waals surface area (Å²) in [5.74, 6) is 2.58. The van der Waals surface area contributed by atoms with E-state index in [0.717, 1.165) is 40.4 Å². The van der Waals surface area contributed by atoms with Gasteiger partial charge in [-0.1, -0.05) is 15.9 Å². The zero-order valence-corrected chi connectivity index (χ0v) is 12.7. The van der Waals surface area contributed by atoms with Crippen LogP contribution >= 0.6 is 15.9 Å². The fourth-order valence-corrected chi connectivity index (χ4v) is 2.82. The second-order valence-electron chi connectivity index (χ2n) is 4.59. The lowest BCUT2D eigenvalue weighted by atomic mass is 10.1. The van der Waals surface area contributed by atoms with Crippen molar-refractivity contribution in [2.24, 2.45) is 0 Å². The molecule has 104 valence electrons. The third-order valence-corrected chi connectivity index (χ3v) is 3.72. The Kier molecular flexibility index (Phi) is 3.78. The number of halogens is 1. The zero-order chi connectivity index (χ0) is 13.9. The number of aromatic nitrogens is 1. The van der Waals surface area contributed by atoms with Crippen LogP contribution in [-0.4, -0.2) is 18.7 Å². The molecule has 0 radical (unpaired) electrons. The van der Waals surface area contributed by atoms with Crippen molar-refractivity contribution >= 4 is 21.7 Å². The van der Waals surface area contributed by atoms with E-state index >= 15 is 0 Å². The molecule has 0 fully saturated rings. The molecule has 4 nitrogen and oxygen atoms in total. The van der Waals surface area contributed by atoms with Gasteiger partial charge in [-0.25, -0.2) is 4.98 Å². The standard InChI is InChI=1S/C15H15BrN2O2/c1-19-13-2-3-14(18-9-13)17-8-11-7-12(16)6-10-4-5-20-15(10)11/h2-3,6-7,9H,4-5,8H2,1H3,(H,17,18). The summed E-state index contributed by atoms with van der Waals surface area (Å²) in [5, 5.41) is 3.30. The molecule has 2 heterocycles. The average Bonchev–Trinajstić information content (AvgIpc) is 2.93. The van der Waals surface area contributed by atoms with E-state index in [1.54, 1.807) is 13.3 Å². The summed E-state index contributed by atoms with van der Waals surface area (Å²) in [5.41, 5.74) is 2.41. The highest BCUT2D eigenvalue weighted by molar-refractivity contribution is 9.10. The molecule has 0 bridgehead atoms. The molecule has 0 saturated carbocycles. The van der Waals surface area contributed by atoms with E-state index in [2.05, 4.69) is 38.4 Å². The molecule has 0 amide bonds. The summed E-state index contributed by atoms with van der Waals surface area (Å²) in [4.78, 5) is 4.29. The molecular weight excluding hydrogens is 320 g/mol. The van der Waals surface area contributed by atoms with E-state index in [4.69, 9.17) is 9.47 Å². The summed E-state index contributed by atoms with van der Waals surface area (Å²) in [6.07, 6.45) is 2.67. The average molecular weight is 335 g/mol. The number of rotatable bonds is 4. The van der Waals surface area contributed by atoms with Crippen LogP contribution < -0.4 is 14.8 Å². The van der Waals surface area contributed by atoms with Gasteiger partial charge in [0.05, 0.1) is 19.9 Å². The quantitative estimate of drug-likeness (QED) is 0.930. The molecule has 1 aliphatic rings. The summed E-state index contributed by atoms with van der Waals surface area (Å²) in [7, 11) is 1.63. The molecule has 0 unspecified atom stereocenters. The number of methoxy groups -OCH3 is 1. The second kappa shape index (κ2) is 5.71. The molecule has 3 rings (SSSR count). The van der Waals surface area contributed by atoms with Gasteiger partial charge in [0.15, 0.2) is 0 Å². The van der Waals surface area contributed by atoms with Crippen molar-refractivity contribution in [3.63, 3.8) is 0 Å². The van der Waals surface area contributed by atoms with Crippen LogP contribution in [-0.2, 0) is 13.0 Å². The summed E-state index contributed by atoms with van der Waals surface area (Å²) < 4.78 is 11.9. The van der Waals surface area contributed by atoms with Gasteiger partial charge in [-0.15, -0.1) is 0 Å². The van der Waals surface area contributed by atoms with Gasteiger partial charge in [-0.3, -0.25) is 0 Å². The first kappa shape index (κ1) is 13.2. The van der Waals surface area contributed by atoms with Crippen LogP contribution in [0.15, 0.2) is 34.9 Å². The lowest BCUT2D eigenvalue weighted by molar-refractivity contribution is 0.354. The topological polar surface area (TPSA) is 43.4 Å². The molecule has 0 saturated heterocycles. The Morgan fingerprint density at radius 2 is 2.30 bits per heavy atom. The van der Waals surface area contributed by atoms with Crippen LogP contribution in [0.3, 0.4) is 0 Å². The first-order valence-electron chi connectivity index (χ1n) is 6.44. The highest BCUT2D eigenvalue weighted by Gasteiger charge is 2.17. The Bertz CT molecular complexity index is 614. The Morgan fingerprint density at radius 1 is 1.40 bits per heavy atom.